The van der Waals surface area contributed by atoms with Crippen LogP contribution in [0.5, 0.6) is 0 Å². The van der Waals surface area contributed by atoms with Gasteiger partial charge in [0.2, 0.25) is 0 Å². The van der Waals surface area contributed by atoms with Gasteiger partial charge in [-0.15, -0.1) is 0 Å². The SMILES string of the molecule is OC(c1ccccc1)(c1ccccc1)[C@H](Cc1ccccc1)NC(=S)N[C@@H](Cc1ccccc1)C(O)(c1ccccc1)c1ccccc1. The van der Waals surface area contributed by atoms with Crippen molar-refractivity contribution in [2.24, 2.45) is 0 Å². The van der Waals surface area contributed by atoms with E-state index in [0.717, 1.165) is 33.4 Å². The van der Waals surface area contributed by atoms with E-state index in [1.54, 1.807) is 0 Å². The molecule has 6 aromatic carbocycles. The molecule has 2 atom stereocenters. The Bertz CT molecular complexity index is 1640. The molecule has 0 aliphatic carbocycles. The molecule has 0 saturated heterocycles. The maximum Gasteiger partial charge on any atom is 0.166 e. The van der Waals surface area contributed by atoms with Crippen LogP contribution < -0.4 is 10.6 Å². The van der Waals surface area contributed by atoms with E-state index in [1.807, 2.05) is 158 Å². The van der Waals surface area contributed by atoms with Crippen LogP contribution in [0.3, 0.4) is 0 Å². The van der Waals surface area contributed by atoms with E-state index in [9.17, 15) is 10.2 Å². The summed E-state index contributed by atoms with van der Waals surface area (Å²) in [5, 5.41) is 33.3. The molecule has 4 nitrogen and oxygen atoms in total. The fraction of sp³-hybridized carbons (Fsp3) is 0.140. The number of rotatable bonds is 12. The molecule has 6 rings (SSSR count). The first-order chi connectivity index (χ1) is 23.5. The Morgan fingerprint density at radius 2 is 0.646 bits per heavy atom. The summed E-state index contributed by atoms with van der Waals surface area (Å²) in [5.41, 5.74) is 2.19. The van der Waals surface area contributed by atoms with Crippen molar-refractivity contribution in [2.45, 2.75) is 36.1 Å². The highest BCUT2D eigenvalue weighted by molar-refractivity contribution is 7.80. The molecule has 48 heavy (non-hydrogen) atoms. The number of thiocarbonyl (C=S) groups is 1. The zero-order valence-corrected chi connectivity index (χ0v) is 27.5. The highest BCUT2D eigenvalue weighted by Gasteiger charge is 2.43. The molecule has 0 aliphatic rings. The van der Waals surface area contributed by atoms with Crippen LogP contribution in [0.15, 0.2) is 182 Å². The second-order valence-corrected chi connectivity index (χ2v) is 12.5. The van der Waals surface area contributed by atoms with Gasteiger partial charge < -0.3 is 20.8 Å². The van der Waals surface area contributed by atoms with Gasteiger partial charge in [-0.3, -0.25) is 0 Å². The van der Waals surface area contributed by atoms with Gasteiger partial charge in [-0.25, -0.2) is 0 Å². The molecule has 0 bridgehead atoms. The lowest BCUT2D eigenvalue weighted by molar-refractivity contribution is 0.0387. The van der Waals surface area contributed by atoms with E-state index in [-0.39, 0.29) is 0 Å². The van der Waals surface area contributed by atoms with Gasteiger partial charge in [-0.2, -0.15) is 0 Å². The van der Waals surface area contributed by atoms with Crippen LogP contribution in [0.1, 0.15) is 33.4 Å². The first kappa shape index (κ1) is 32.9. The van der Waals surface area contributed by atoms with Gasteiger partial charge in [0.15, 0.2) is 5.11 Å². The summed E-state index contributed by atoms with van der Waals surface area (Å²) in [5.74, 6) is 0. The first-order valence-electron chi connectivity index (χ1n) is 16.3. The number of hydrogen-bond donors (Lipinski definition) is 4. The molecule has 0 aromatic heterocycles. The monoisotopic (exact) mass is 648 g/mol. The molecule has 0 heterocycles. The highest BCUT2D eigenvalue weighted by atomic mass is 32.1. The van der Waals surface area contributed by atoms with Gasteiger partial charge in [0.1, 0.15) is 11.2 Å². The zero-order chi connectivity index (χ0) is 33.2. The molecule has 4 N–H and O–H groups in total. The molecule has 0 fully saturated rings. The molecular formula is C43H40N2O2S. The predicted molar refractivity (Wildman–Crippen MR) is 199 cm³/mol. The van der Waals surface area contributed by atoms with Crippen LogP contribution in [0.25, 0.3) is 0 Å². The fourth-order valence-corrected chi connectivity index (χ4v) is 6.86. The van der Waals surface area contributed by atoms with E-state index in [1.165, 1.54) is 0 Å². The summed E-state index contributed by atoms with van der Waals surface area (Å²) < 4.78 is 0. The van der Waals surface area contributed by atoms with Crippen LogP contribution in [-0.4, -0.2) is 27.4 Å². The number of hydrogen-bond acceptors (Lipinski definition) is 3. The lowest BCUT2D eigenvalue weighted by Crippen LogP contribution is -2.59. The van der Waals surface area contributed by atoms with Gasteiger partial charge in [-0.05, 0) is 58.4 Å². The Morgan fingerprint density at radius 1 is 0.417 bits per heavy atom. The average molecular weight is 649 g/mol. The van der Waals surface area contributed by atoms with E-state index in [0.29, 0.717) is 18.0 Å². The molecule has 6 aromatic rings. The minimum Gasteiger partial charge on any atom is -0.378 e. The molecule has 5 heteroatoms. The van der Waals surface area contributed by atoms with Gasteiger partial charge in [0.25, 0.3) is 0 Å². The summed E-state index contributed by atoms with van der Waals surface area (Å²) in [6, 6.07) is 58.0. The van der Waals surface area contributed by atoms with E-state index in [4.69, 9.17) is 12.2 Å². The van der Waals surface area contributed by atoms with Crippen LogP contribution in [0, 0.1) is 0 Å². The minimum atomic E-state index is -1.45. The van der Waals surface area contributed by atoms with Crippen LogP contribution in [-0.2, 0) is 24.0 Å². The van der Waals surface area contributed by atoms with E-state index < -0.39 is 23.3 Å². The topological polar surface area (TPSA) is 64.5 Å². The summed E-state index contributed by atoms with van der Waals surface area (Å²) >= 11 is 6.13. The Balaban J connectivity index is 1.42. The quantitative estimate of drug-likeness (QED) is 0.103. The van der Waals surface area contributed by atoms with E-state index >= 15 is 0 Å². The maximum atomic E-state index is 12.9. The lowest BCUT2D eigenvalue weighted by Gasteiger charge is -2.41. The van der Waals surface area contributed by atoms with Gasteiger partial charge in [0, 0.05) is 0 Å². The van der Waals surface area contributed by atoms with E-state index in [2.05, 4.69) is 34.9 Å². The Morgan fingerprint density at radius 3 is 0.896 bits per heavy atom. The van der Waals surface area contributed by atoms with Crippen molar-refractivity contribution >= 4 is 17.3 Å². The van der Waals surface area contributed by atoms with Crippen LogP contribution >= 0.6 is 12.2 Å². The highest BCUT2D eigenvalue weighted by Crippen LogP contribution is 2.37. The third kappa shape index (κ3) is 7.24. The second kappa shape index (κ2) is 15.2. The first-order valence-corrected chi connectivity index (χ1v) is 16.7. The average Bonchev–Trinajstić information content (AvgIpc) is 3.16. The Hall–Kier alpha value is -5.07. The largest absolute Gasteiger partial charge is 0.378 e. The van der Waals surface area contributed by atoms with Crippen LogP contribution in [0.4, 0.5) is 0 Å². The summed E-state index contributed by atoms with van der Waals surface area (Å²) in [4.78, 5) is 0. The number of nitrogens with one attached hydrogen (secondary N) is 2. The molecule has 0 amide bonds. The standard InChI is InChI=1S/C43H40N2O2S/c46-42(35-23-11-3-12-24-35,36-25-13-4-14-26-36)39(31-33-19-7-1-8-20-33)44-41(48)45-40(32-34-21-9-2-10-22-34)43(47,37-27-15-5-16-28-37)38-29-17-6-18-30-38/h1-30,39-40,46-47H,31-32H2,(H2,44,45,48)/t39-,40-/m0/s1. The molecule has 0 aliphatic heterocycles. The molecule has 0 radical (unpaired) electrons. The van der Waals surface area contributed by atoms with Gasteiger partial charge in [0.05, 0.1) is 12.1 Å². The van der Waals surface area contributed by atoms with Crippen molar-refractivity contribution in [1.82, 2.24) is 10.6 Å². The normalized spacial score (nSPS) is 12.9. The molecule has 0 spiro atoms. The van der Waals surface area contributed by atoms with Crippen molar-refractivity contribution < 1.29 is 10.2 Å². The van der Waals surface area contributed by atoms with Gasteiger partial charge in [-0.1, -0.05) is 182 Å². The Labute approximate surface area is 288 Å². The lowest BCUT2D eigenvalue weighted by atomic mass is 9.77. The van der Waals surface area contributed by atoms with Crippen molar-refractivity contribution in [2.75, 3.05) is 0 Å². The van der Waals surface area contributed by atoms with Crippen molar-refractivity contribution in [3.05, 3.63) is 215 Å². The number of benzene rings is 6. The number of aliphatic hydroxyl groups is 2. The second-order valence-electron chi connectivity index (χ2n) is 12.1. The fourth-order valence-electron chi connectivity index (χ4n) is 6.57. The Kier molecular flexibility index (Phi) is 10.4. The predicted octanol–water partition coefficient (Wildman–Crippen LogP) is 7.55. The summed E-state index contributed by atoms with van der Waals surface area (Å²) in [7, 11) is 0. The van der Waals surface area contributed by atoms with Gasteiger partial charge >= 0.3 is 0 Å². The third-order valence-corrected chi connectivity index (χ3v) is 9.28. The molecule has 240 valence electrons. The van der Waals surface area contributed by atoms with Crippen molar-refractivity contribution in [3.63, 3.8) is 0 Å². The minimum absolute atomic E-state index is 0.326. The van der Waals surface area contributed by atoms with Crippen LogP contribution in [0.2, 0.25) is 0 Å². The molecule has 0 unspecified atom stereocenters. The van der Waals surface area contributed by atoms with Crippen molar-refractivity contribution in [3.8, 4) is 0 Å². The zero-order valence-electron chi connectivity index (χ0n) is 26.7. The smallest absolute Gasteiger partial charge is 0.166 e. The third-order valence-electron chi connectivity index (χ3n) is 9.04. The molecular weight excluding hydrogens is 609 g/mol. The summed E-state index contributed by atoms with van der Waals surface area (Å²) in [6.07, 6.45) is 0.960. The van der Waals surface area contributed by atoms with Crippen molar-refractivity contribution in [1.29, 1.82) is 0 Å². The summed E-state index contributed by atoms with van der Waals surface area (Å²) in [6.45, 7) is 0. The molecule has 0 saturated carbocycles. The maximum absolute atomic E-state index is 12.9.